The largest absolute Gasteiger partial charge is 0.494 e. The lowest BCUT2D eigenvalue weighted by molar-refractivity contribution is -0.153. The lowest BCUT2D eigenvalue weighted by Crippen LogP contribution is -2.29. The predicted molar refractivity (Wildman–Crippen MR) is 117 cm³/mol. The Labute approximate surface area is 183 Å². The molecule has 0 unspecified atom stereocenters. The lowest BCUT2D eigenvalue weighted by atomic mass is 10.0. The van der Waals surface area contributed by atoms with Crippen LogP contribution in [0.3, 0.4) is 0 Å². The minimum Gasteiger partial charge on any atom is -0.494 e. The van der Waals surface area contributed by atoms with Crippen LogP contribution in [-0.2, 0) is 33.8 Å². The molecule has 168 valence electrons. The first-order valence-electron chi connectivity index (χ1n) is 10.5. The number of hydrogen-bond acceptors (Lipinski definition) is 5. The topological polar surface area (TPSA) is 94.1 Å². The zero-order valence-corrected chi connectivity index (χ0v) is 18.3. The van der Waals surface area contributed by atoms with Crippen molar-refractivity contribution >= 4 is 12.1 Å². The zero-order chi connectivity index (χ0) is 22.6. The SMILES string of the molecule is CCCOc1ccc(COC(=O)NCc2cccc(C[C@H](OC(C)C)C(=O)O)c2)cc1. The monoisotopic (exact) mass is 429 g/mol. The van der Waals surface area contributed by atoms with Gasteiger partial charge in [-0.05, 0) is 49.1 Å². The number of hydrogen-bond donors (Lipinski definition) is 2. The van der Waals surface area contributed by atoms with Crippen LogP contribution in [0.2, 0.25) is 0 Å². The number of amides is 1. The van der Waals surface area contributed by atoms with Gasteiger partial charge in [0, 0.05) is 13.0 Å². The second kappa shape index (κ2) is 12.6. The van der Waals surface area contributed by atoms with Crippen molar-refractivity contribution in [2.75, 3.05) is 6.61 Å². The van der Waals surface area contributed by atoms with Gasteiger partial charge in [0.25, 0.3) is 0 Å². The van der Waals surface area contributed by atoms with E-state index in [0.29, 0.717) is 6.61 Å². The van der Waals surface area contributed by atoms with E-state index in [1.165, 1.54) is 0 Å². The van der Waals surface area contributed by atoms with Gasteiger partial charge >= 0.3 is 12.1 Å². The van der Waals surface area contributed by atoms with Gasteiger partial charge in [-0.2, -0.15) is 0 Å². The van der Waals surface area contributed by atoms with Gasteiger partial charge in [-0.15, -0.1) is 0 Å². The number of carboxylic acids is 1. The molecule has 0 aliphatic rings. The Bertz CT molecular complexity index is 834. The number of nitrogens with one attached hydrogen (secondary N) is 1. The standard InChI is InChI=1S/C24H31NO6/c1-4-12-29-21-10-8-18(9-11-21)16-30-24(28)25-15-20-7-5-6-19(13-20)14-22(23(26)27)31-17(2)3/h5-11,13,17,22H,4,12,14-16H2,1-3H3,(H,25,28)(H,26,27)/t22-/m0/s1. The fourth-order valence-corrected chi connectivity index (χ4v) is 2.88. The molecule has 0 saturated heterocycles. The molecule has 7 heteroatoms. The van der Waals surface area contributed by atoms with E-state index >= 15 is 0 Å². The van der Waals surface area contributed by atoms with Gasteiger partial charge in [-0.25, -0.2) is 9.59 Å². The summed E-state index contributed by atoms with van der Waals surface area (Å²) in [6.07, 6.45) is -0.417. The number of carboxylic acid groups (broad SMARTS) is 1. The Morgan fingerprint density at radius 3 is 2.39 bits per heavy atom. The number of carbonyl (C=O) groups excluding carboxylic acids is 1. The average Bonchev–Trinajstić information content (AvgIpc) is 2.75. The van der Waals surface area contributed by atoms with Crippen molar-refractivity contribution in [3.05, 3.63) is 65.2 Å². The molecule has 1 amide bonds. The molecule has 0 bridgehead atoms. The van der Waals surface area contributed by atoms with E-state index in [1.54, 1.807) is 13.8 Å². The van der Waals surface area contributed by atoms with Crippen LogP contribution >= 0.6 is 0 Å². The summed E-state index contributed by atoms with van der Waals surface area (Å²) >= 11 is 0. The van der Waals surface area contributed by atoms with E-state index in [9.17, 15) is 14.7 Å². The summed E-state index contributed by atoms with van der Waals surface area (Å²) in [4.78, 5) is 23.4. The molecule has 1 atom stereocenters. The first-order chi connectivity index (χ1) is 14.9. The van der Waals surface area contributed by atoms with Gasteiger partial charge in [-0.3, -0.25) is 0 Å². The second-order valence-corrected chi connectivity index (χ2v) is 7.46. The molecule has 0 fully saturated rings. The van der Waals surface area contributed by atoms with Crippen molar-refractivity contribution in [3.63, 3.8) is 0 Å². The van der Waals surface area contributed by atoms with E-state index in [0.717, 1.165) is 28.9 Å². The fraction of sp³-hybridized carbons (Fsp3) is 0.417. The molecule has 0 heterocycles. The molecule has 2 N–H and O–H groups in total. The van der Waals surface area contributed by atoms with Gasteiger partial charge in [0.1, 0.15) is 12.4 Å². The minimum atomic E-state index is -0.995. The number of rotatable bonds is 12. The second-order valence-electron chi connectivity index (χ2n) is 7.46. The van der Waals surface area contributed by atoms with Gasteiger partial charge in [-0.1, -0.05) is 43.3 Å². The summed E-state index contributed by atoms with van der Waals surface area (Å²) in [5.74, 6) is -0.204. The van der Waals surface area contributed by atoms with Gasteiger partial charge in [0.15, 0.2) is 6.10 Å². The van der Waals surface area contributed by atoms with E-state index in [2.05, 4.69) is 5.32 Å². The molecule has 2 aromatic carbocycles. The number of ether oxygens (including phenoxy) is 3. The van der Waals surface area contributed by atoms with Gasteiger partial charge in [0.2, 0.25) is 0 Å². The van der Waals surface area contributed by atoms with Crippen LogP contribution in [0.15, 0.2) is 48.5 Å². The van der Waals surface area contributed by atoms with Gasteiger partial charge < -0.3 is 24.6 Å². The maximum Gasteiger partial charge on any atom is 0.407 e. The van der Waals surface area contributed by atoms with Crippen LogP contribution < -0.4 is 10.1 Å². The Hall–Kier alpha value is -3.06. The predicted octanol–water partition coefficient (Wildman–Crippen LogP) is 4.32. The van der Waals surface area contributed by atoms with Crippen LogP contribution in [0.4, 0.5) is 4.79 Å². The van der Waals surface area contributed by atoms with Crippen LogP contribution in [0.25, 0.3) is 0 Å². The first kappa shape index (κ1) is 24.2. The molecule has 31 heavy (non-hydrogen) atoms. The van der Waals surface area contributed by atoms with E-state index in [4.69, 9.17) is 14.2 Å². The van der Waals surface area contributed by atoms with Crippen LogP contribution in [0.1, 0.15) is 43.9 Å². The summed E-state index contributed by atoms with van der Waals surface area (Å²) in [5.41, 5.74) is 2.54. The smallest absolute Gasteiger partial charge is 0.407 e. The number of alkyl carbamates (subject to hydrolysis) is 1. The summed E-state index contributed by atoms with van der Waals surface area (Å²) < 4.78 is 16.2. The molecule has 0 radical (unpaired) electrons. The van der Waals surface area contributed by atoms with Crippen LogP contribution in [-0.4, -0.2) is 36.0 Å². The highest BCUT2D eigenvalue weighted by molar-refractivity contribution is 5.72. The summed E-state index contributed by atoms with van der Waals surface area (Å²) in [6, 6.07) is 14.8. The molecule has 0 spiro atoms. The normalized spacial score (nSPS) is 11.7. The molecule has 0 aliphatic heterocycles. The highest BCUT2D eigenvalue weighted by Gasteiger charge is 2.20. The maximum atomic E-state index is 12.0. The van der Waals surface area contributed by atoms with Crippen molar-refractivity contribution in [2.24, 2.45) is 0 Å². The van der Waals surface area contributed by atoms with E-state index in [1.807, 2.05) is 55.5 Å². The quantitative estimate of drug-likeness (QED) is 0.522. The molecular weight excluding hydrogens is 398 g/mol. The van der Waals surface area contributed by atoms with Crippen molar-refractivity contribution in [2.45, 2.75) is 59.0 Å². The van der Waals surface area contributed by atoms with E-state index in [-0.39, 0.29) is 25.7 Å². The molecule has 2 aromatic rings. The third-order valence-corrected chi connectivity index (χ3v) is 4.33. The lowest BCUT2D eigenvalue weighted by Gasteiger charge is -2.17. The zero-order valence-electron chi connectivity index (χ0n) is 18.3. The fourth-order valence-electron chi connectivity index (χ4n) is 2.88. The molecule has 2 rings (SSSR count). The number of carbonyl (C=O) groups is 2. The van der Waals surface area contributed by atoms with E-state index < -0.39 is 18.2 Å². The molecule has 0 aliphatic carbocycles. The maximum absolute atomic E-state index is 12.0. The Kier molecular flexibility index (Phi) is 9.84. The minimum absolute atomic E-state index is 0.159. The highest BCUT2D eigenvalue weighted by atomic mass is 16.5. The van der Waals surface area contributed by atoms with Crippen molar-refractivity contribution in [3.8, 4) is 5.75 Å². The molecule has 0 saturated carbocycles. The van der Waals surface area contributed by atoms with Crippen molar-refractivity contribution in [1.29, 1.82) is 0 Å². The van der Waals surface area contributed by atoms with Crippen LogP contribution in [0, 0.1) is 0 Å². The third-order valence-electron chi connectivity index (χ3n) is 4.33. The molecule has 0 aromatic heterocycles. The average molecular weight is 430 g/mol. The number of aliphatic carboxylic acids is 1. The molecular formula is C24H31NO6. The summed E-state index contributed by atoms with van der Waals surface area (Å²) in [5, 5.41) is 12.0. The Morgan fingerprint density at radius 2 is 1.74 bits per heavy atom. The number of benzene rings is 2. The van der Waals surface area contributed by atoms with Crippen LogP contribution in [0.5, 0.6) is 5.75 Å². The third kappa shape index (κ3) is 9.09. The highest BCUT2D eigenvalue weighted by Crippen LogP contribution is 2.14. The van der Waals surface area contributed by atoms with Gasteiger partial charge in [0.05, 0.1) is 12.7 Å². The Balaban J connectivity index is 1.81. The summed E-state index contributed by atoms with van der Waals surface area (Å²) in [6.45, 7) is 6.76. The van der Waals surface area contributed by atoms with Crippen molar-refractivity contribution < 1.29 is 28.9 Å². The molecule has 7 nitrogen and oxygen atoms in total. The Morgan fingerprint density at radius 1 is 1.03 bits per heavy atom. The summed E-state index contributed by atoms with van der Waals surface area (Å²) in [7, 11) is 0. The van der Waals surface area contributed by atoms with Crippen molar-refractivity contribution in [1.82, 2.24) is 5.32 Å². The first-order valence-corrected chi connectivity index (χ1v) is 10.5.